The van der Waals surface area contributed by atoms with Gasteiger partial charge in [0.05, 0.1) is 6.04 Å². The minimum Gasteiger partial charge on any atom is -0.454 e. The quantitative estimate of drug-likeness (QED) is 0.770. The van der Waals surface area contributed by atoms with Crippen molar-refractivity contribution in [3.05, 3.63) is 34.3 Å². The van der Waals surface area contributed by atoms with Crippen LogP contribution >= 0.6 is 15.9 Å². The van der Waals surface area contributed by atoms with Gasteiger partial charge in [0, 0.05) is 10.9 Å². The van der Waals surface area contributed by atoms with E-state index in [9.17, 15) is 14.4 Å². The number of benzene rings is 1. The van der Waals surface area contributed by atoms with E-state index in [2.05, 4.69) is 26.6 Å². The Bertz CT molecular complexity index is 573. The van der Waals surface area contributed by atoms with Crippen LogP contribution in [-0.2, 0) is 19.1 Å². The highest BCUT2D eigenvalue weighted by Gasteiger charge is 2.28. The zero-order chi connectivity index (χ0) is 16.1. The van der Waals surface area contributed by atoms with E-state index in [0.29, 0.717) is 12.8 Å². The Balaban J connectivity index is 1.76. The maximum Gasteiger partial charge on any atom is 0.329 e. The first kappa shape index (κ1) is 16.5. The average molecular weight is 369 g/mol. The van der Waals surface area contributed by atoms with Gasteiger partial charge in [0.2, 0.25) is 5.91 Å². The van der Waals surface area contributed by atoms with Crippen molar-refractivity contribution in [2.45, 2.75) is 31.8 Å². The van der Waals surface area contributed by atoms with Crippen molar-refractivity contribution in [2.75, 3.05) is 6.61 Å². The molecule has 22 heavy (non-hydrogen) atoms. The molecular formula is C15H17BrN2O4. The number of carbonyl (C=O) groups excluding carboxylic acids is 3. The van der Waals surface area contributed by atoms with Gasteiger partial charge in [-0.05, 0) is 31.0 Å². The molecule has 2 rings (SSSR count). The van der Waals surface area contributed by atoms with E-state index in [1.165, 1.54) is 0 Å². The number of rotatable bonds is 5. The monoisotopic (exact) mass is 368 g/mol. The molecule has 0 spiro atoms. The van der Waals surface area contributed by atoms with Gasteiger partial charge in [0.15, 0.2) is 6.61 Å². The molecule has 0 aromatic heterocycles. The van der Waals surface area contributed by atoms with Crippen LogP contribution in [0.1, 0.15) is 31.4 Å². The third-order valence-corrected chi connectivity index (χ3v) is 3.90. The van der Waals surface area contributed by atoms with Crippen LogP contribution in [0.3, 0.4) is 0 Å². The molecule has 2 atom stereocenters. The number of amides is 2. The number of esters is 1. The smallest absolute Gasteiger partial charge is 0.329 e. The molecule has 1 aromatic rings. The fourth-order valence-electron chi connectivity index (χ4n) is 2.15. The number of hydrogen-bond acceptors (Lipinski definition) is 4. The molecule has 0 saturated carbocycles. The predicted molar refractivity (Wildman–Crippen MR) is 82.8 cm³/mol. The molecule has 0 aliphatic carbocycles. The lowest BCUT2D eigenvalue weighted by atomic mass is 10.1. The Morgan fingerprint density at radius 2 is 2.09 bits per heavy atom. The van der Waals surface area contributed by atoms with E-state index >= 15 is 0 Å². The fourth-order valence-corrected chi connectivity index (χ4v) is 2.41. The minimum atomic E-state index is -0.635. The first-order valence-electron chi connectivity index (χ1n) is 6.96. The summed E-state index contributed by atoms with van der Waals surface area (Å²) in [6.07, 6.45) is 0.723. The molecule has 1 saturated heterocycles. The third-order valence-electron chi connectivity index (χ3n) is 3.37. The lowest BCUT2D eigenvalue weighted by Crippen LogP contribution is -2.37. The van der Waals surface area contributed by atoms with Crippen molar-refractivity contribution >= 4 is 33.7 Å². The van der Waals surface area contributed by atoms with E-state index in [1.807, 2.05) is 31.2 Å². The molecule has 118 valence electrons. The molecule has 6 nitrogen and oxygen atoms in total. The fraction of sp³-hybridized carbons (Fsp3) is 0.400. The Labute approximate surface area is 136 Å². The molecule has 1 aliphatic rings. The summed E-state index contributed by atoms with van der Waals surface area (Å²) in [5.74, 6) is -1.12. The largest absolute Gasteiger partial charge is 0.454 e. The zero-order valence-corrected chi connectivity index (χ0v) is 13.7. The highest BCUT2D eigenvalue weighted by molar-refractivity contribution is 9.10. The first-order chi connectivity index (χ1) is 10.5. The Kier molecular flexibility index (Phi) is 5.54. The molecule has 0 bridgehead atoms. The minimum absolute atomic E-state index is 0.171. The molecule has 2 amide bonds. The molecular weight excluding hydrogens is 352 g/mol. The summed E-state index contributed by atoms with van der Waals surface area (Å²) in [4.78, 5) is 34.5. The topological polar surface area (TPSA) is 84.5 Å². The lowest BCUT2D eigenvalue weighted by molar-refractivity contribution is -0.150. The van der Waals surface area contributed by atoms with Gasteiger partial charge < -0.3 is 15.4 Å². The molecule has 7 heteroatoms. The van der Waals surface area contributed by atoms with Gasteiger partial charge in [-0.25, -0.2) is 4.79 Å². The van der Waals surface area contributed by atoms with Crippen LogP contribution in [-0.4, -0.2) is 30.4 Å². The number of ether oxygens (including phenoxy) is 1. The summed E-state index contributed by atoms with van der Waals surface area (Å²) >= 11 is 3.35. The molecule has 1 fully saturated rings. The summed E-state index contributed by atoms with van der Waals surface area (Å²) in [6, 6.07) is 6.75. The van der Waals surface area contributed by atoms with Crippen molar-refractivity contribution < 1.29 is 19.1 Å². The summed E-state index contributed by atoms with van der Waals surface area (Å²) in [7, 11) is 0. The molecule has 1 heterocycles. The van der Waals surface area contributed by atoms with Crippen molar-refractivity contribution in [3.63, 3.8) is 0 Å². The average Bonchev–Trinajstić information content (AvgIpc) is 2.92. The van der Waals surface area contributed by atoms with Crippen LogP contribution in [0.5, 0.6) is 0 Å². The SMILES string of the molecule is C[C@@H](NC(=O)COC(=O)[C@H]1CCC(=O)N1)c1ccc(Br)cc1. The zero-order valence-electron chi connectivity index (χ0n) is 12.1. The number of hydrogen-bond donors (Lipinski definition) is 2. The Morgan fingerprint density at radius 1 is 1.41 bits per heavy atom. The van der Waals surface area contributed by atoms with Crippen LogP contribution in [0.4, 0.5) is 0 Å². The molecule has 0 radical (unpaired) electrons. The Morgan fingerprint density at radius 3 is 2.68 bits per heavy atom. The molecule has 1 aliphatic heterocycles. The van der Waals surface area contributed by atoms with E-state index < -0.39 is 12.0 Å². The standard InChI is InChI=1S/C15H17BrN2O4/c1-9(10-2-4-11(16)5-3-10)17-14(20)8-22-15(21)12-6-7-13(19)18-12/h2-5,9,12H,6-8H2,1H3,(H,17,20)(H,18,19)/t9-,12-/m1/s1. The van der Waals surface area contributed by atoms with E-state index in [-0.39, 0.29) is 24.5 Å². The van der Waals surface area contributed by atoms with Gasteiger partial charge in [-0.15, -0.1) is 0 Å². The van der Waals surface area contributed by atoms with Crippen LogP contribution in [0.2, 0.25) is 0 Å². The molecule has 1 aromatic carbocycles. The second kappa shape index (κ2) is 7.40. The van der Waals surface area contributed by atoms with Crippen LogP contribution in [0, 0.1) is 0 Å². The van der Waals surface area contributed by atoms with E-state index in [1.54, 1.807) is 0 Å². The van der Waals surface area contributed by atoms with E-state index in [4.69, 9.17) is 4.74 Å². The lowest BCUT2D eigenvalue weighted by Gasteiger charge is -2.15. The van der Waals surface area contributed by atoms with Gasteiger partial charge in [0.1, 0.15) is 6.04 Å². The number of nitrogens with one attached hydrogen (secondary N) is 2. The maximum atomic E-state index is 11.8. The summed E-state index contributed by atoms with van der Waals surface area (Å²) < 4.78 is 5.88. The Hall–Kier alpha value is -1.89. The predicted octanol–water partition coefficient (Wildman–Crippen LogP) is 1.45. The normalized spacial score (nSPS) is 18.5. The number of carbonyl (C=O) groups is 3. The van der Waals surface area contributed by atoms with Crippen molar-refractivity contribution in [3.8, 4) is 0 Å². The summed E-state index contributed by atoms with van der Waals surface area (Å²) in [5, 5.41) is 5.25. The number of halogens is 1. The van der Waals surface area contributed by atoms with Gasteiger partial charge in [0.25, 0.3) is 5.91 Å². The second-order valence-electron chi connectivity index (χ2n) is 5.11. The van der Waals surface area contributed by atoms with Crippen molar-refractivity contribution in [1.29, 1.82) is 0 Å². The first-order valence-corrected chi connectivity index (χ1v) is 7.76. The van der Waals surface area contributed by atoms with Gasteiger partial charge in [-0.3, -0.25) is 9.59 Å². The van der Waals surface area contributed by atoms with Gasteiger partial charge in [-0.1, -0.05) is 28.1 Å². The van der Waals surface area contributed by atoms with Gasteiger partial charge >= 0.3 is 5.97 Å². The molecule has 0 unspecified atom stereocenters. The highest BCUT2D eigenvalue weighted by Crippen LogP contribution is 2.16. The third kappa shape index (κ3) is 4.56. The summed E-state index contributed by atoms with van der Waals surface area (Å²) in [6.45, 7) is 1.49. The van der Waals surface area contributed by atoms with Crippen LogP contribution in [0.25, 0.3) is 0 Å². The van der Waals surface area contributed by atoms with E-state index in [0.717, 1.165) is 10.0 Å². The molecule has 2 N–H and O–H groups in total. The van der Waals surface area contributed by atoms with Crippen molar-refractivity contribution in [1.82, 2.24) is 10.6 Å². The summed E-state index contributed by atoms with van der Waals surface area (Å²) in [5.41, 5.74) is 0.950. The van der Waals surface area contributed by atoms with Crippen LogP contribution < -0.4 is 10.6 Å². The van der Waals surface area contributed by atoms with Crippen molar-refractivity contribution in [2.24, 2.45) is 0 Å². The van der Waals surface area contributed by atoms with Gasteiger partial charge in [-0.2, -0.15) is 0 Å². The highest BCUT2D eigenvalue weighted by atomic mass is 79.9. The second-order valence-corrected chi connectivity index (χ2v) is 6.02. The van der Waals surface area contributed by atoms with Crippen LogP contribution in [0.15, 0.2) is 28.7 Å². The maximum absolute atomic E-state index is 11.8.